The Labute approximate surface area is 167 Å². The van der Waals surface area contributed by atoms with Crippen LogP contribution >= 0.6 is 11.3 Å². The molecule has 28 heavy (non-hydrogen) atoms. The number of amides is 1. The van der Waals surface area contributed by atoms with Gasteiger partial charge in [0.2, 0.25) is 0 Å². The number of carbonyl (C=O) groups is 2. The number of nitrogens with two attached hydrogens (primary N) is 1. The number of nitrogens with zero attached hydrogens (tertiary/aromatic N) is 1. The van der Waals surface area contributed by atoms with E-state index < -0.39 is 17.9 Å². The minimum absolute atomic E-state index is 0.196. The lowest BCUT2D eigenvalue weighted by Gasteiger charge is -2.16. The van der Waals surface area contributed by atoms with E-state index in [4.69, 9.17) is 10.5 Å². The molecule has 1 amide bonds. The van der Waals surface area contributed by atoms with E-state index in [-0.39, 0.29) is 18.3 Å². The second-order valence-corrected chi connectivity index (χ2v) is 7.32. The maximum absolute atomic E-state index is 12.7. The van der Waals surface area contributed by atoms with Crippen LogP contribution in [0.15, 0.2) is 35.8 Å². The highest BCUT2D eigenvalue weighted by Crippen LogP contribution is 2.21. The van der Waals surface area contributed by atoms with Crippen molar-refractivity contribution in [1.82, 2.24) is 15.3 Å². The first-order chi connectivity index (χ1) is 13.5. The fourth-order valence-corrected chi connectivity index (χ4v) is 3.81. The van der Waals surface area contributed by atoms with Crippen molar-refractivity contribution in [1.29, 1.82) is 0 Å². The zero-order chi connectivity index (χ0) is 20.1. The smallest absolute Gasteiger partial charge is 0.328 e. The van der Waals surface area contributed by atoms with Crippen molar-refractivity contribution in [2.75, 3.05) is 6.61 Å². The summed E-state index contributed by atoms with van der Waals surface area (Å²) >= 11 is 1.35. The highest BCUT2D eigenvalue weighted by molar-refractivity contribution is 7.09. The molecule has 7 nitrogen and oxygen atoms in total. The lowest BCUT2D eigenvalue weighted by Crippen LogP contribution is -2.43. The number of H-pyrrole nitrogens is 1. The molecular weight excluding hydrogens is 376 g/mol. The molecule has 0 radical (unpaired) electrons. The minimum Gasteiger partial charge on any atom is -0.464 e. The normalized spacial score (nSPS) is 13.2. The van der Waals surface area contributed by atoms with E-state index in [9.17, 15) is 9.59 Å². The van der Waals surface area contributed by atoms with Gasteiger partial charge in [-0.15, -0.1) is 11.3 Å². The minimum atomic E-state index is -0.809. The molecule has 0 aliphatic rings. The molecule has 0 bridgehead atoms. The summed E-state index contributed by atoms with van der Waals surface area (Å²) in [5.41, 5.74) is 8.15. The van der Waals surface area contributed by atoms with Crippen LogP contribution < -0.4 is 11.1 Å². The average Bonchev–Trinajstić information content (AvgIpc) is 3.35. The summed E-state index contributed by atoms with van der Waals surface area (Å²) in [6.07, 6.45) is 2.91. The van der Waals surface area contributed by atoms with Crippen LogP contribution in [0.25, 0.3) is 10.9 Å². The molecule has 3 rings (SSSR count). The van der Waals surface area contributed by atoms with E-state index in [2.05, 4.69) is 15.3 Å². The molecule has 0 saturated carbocycles. The van der Waals surface area contributed by atoms with Crippen molar-refractivity contribution in [3.05, 3.63) is 52.1 Å². The number of hydrogen-bond donors (Lipinski definition) is 3. The molecule has 2 unspecified atom stereocenters. The van der Waals surface area contributed by atoms with Crippen molar-refractivity contribution in [3.8, 4) is 0 Å². The van der Waals surface area contributed by atoms with Gasteiger partial charge in [-0.3, -0.25) is 4.79 Å². The van der Waals surface area contributed by atoms with Crippen LogP contribution in [0.2, 0.25) is 0 Å². The number of rotatable bonds is 8. The number of hydrogen-bond acceptors (Lipinski definition) is 6. The molecule has 4 N–H and O–H groups in total. The van der Waals surface area contributed by atoms with Gasteiger partial charge < -0.3 is 20.8 Å². The molecule has 3 aromatic rings. The van der Waals surface area contributed by atoms with Crippen molar-refractivity contribution < 1.29 is 14.3 Å². The average molecular weight is 401 g/mol. The second-order valence-electron chi connectivity index (χ2n) is 6.43. The van der Waals surface area contributed by atoms with Crippen LogP contribution in [0, 0.1) is 0 Å². The number of aromatic amines is 1. The Morgan fingerprint density at radius 3 is 2.86 bits per heavy atom. The molecule has 2 heterocycles. The highest BCUT2D eigenvalue weighted by atomic mass is 32.1. The van der Waals surface area contributed by atoms with Crippen molar-refractivity contribution in [2.45, 2.75) is 38.8 Å². The summed E-state index contributed by atoms with van der Waals surface area (Å²) < 4.78 is 5.16. The number of esters is 1. The number of fused-ring (bicyclic) bond motifs is 1. The first-order valence-electron chi connectivity index (χ1n) is 9.27. The summed E-state index contributed by atoms with van der Waals surface area (Å²) in [6.45, 7) is 3.94. The van der Waals surface area contributed by atoms with E-state index in [1.165, 1.54) is 11.3 Å². The predicted molar refractivity (Wildman–Crippen MR) is 109 cm³/mol. The Morgan fingerprint density at radius 2 is 2.11 bits per heavy atom. The number of ether oxygens (including phenoxy) is 1. The van der Waals surface area contributed by atoms with Gasteiger partial charge in [0.25, 0.3) is 5.91 Å². The molecule has 2 aromatic heterocycles. The number of carbonyl (C=O) groups excluding carboxylic acids is 2. The van der Waals surface area contributed by atoms with E-state index in [1.54, 1.807) is 12.3 Å². The Kier molecular flexibility index (Phi) is 6.43. The SMILES string of the molecule is CCOC(=O)C(Cc1c[nH]c2ccccc12)NC(=O)c1csc(C(N)CC)n1. The maximum Gasteiger partial charge on any atom is 0.328 e. The molecule has 148 valence electrons. The van der Waals surface area contributed by atoms with Gasteiger partial charge in [0.05, 0.1) is 12.6 Å². The fourth-order valence-electron chi connectivity index (χ4n) is 2.93. The third-order valence-electron chi connectivity index (χ3n) is 4.49. The van der Waals surface area contributed by atoms with Crippen molar-refractivity contribution in [2.24, 2.45) is 5.73 Å². The van der Waals surface area contributed by atoms with Gasteiger partial charge in [0.1, 0.15) is 16.7 Å². The maximum atomic E-state index is 12.7. The number of aromatic nitrogens is 2. The summed E-state index contributed by atoms with van der Waals surface area (Å²) in [5, 5.41) is 6.14. The molecule has 0 fully saturated rings. The molecule has 0 aliphatic carbocycles. The fraction of sp³-hybridized carbons (Fsp3) is 0.350. The summed E-state index contributed by atoms with van der Waals surface area (Å²) in [6, 6.07) is 6.81. The highest BCUT2D eigenvalue weighted by Gasteiger charge is 2.25. The lowest BCUT2D eigenvalue weighted by atomic mass is 10.0. The largest absolute Gasteiger partial charge is 0.464 e. The molecule has 2 atom stereocenters. The van der Waals surface area contributed by atoms with E-state index >= 15 is 0 Å². The monoisotopic (exact) mass is 400 g/mol. The number of benzene rings is 1. The molecule has 1 aromatic carbocycles. The van der Waals surface area contributed by atoms with Crippen molar-refractivity contribution in [3.63, 3.8) is 0 Å². The van der Waals surface area contributed by atoms with E-state index in [0.717, 1.165) is 22.9 Å². The number of thiazole rings is 1. The zero-order valence-corrected chi connectivity index (χ0v) is 16.7. The van der Waals surface area contributed by atoms with Crippen LogP contribution in [-0.2, 0) is 16.0 Å². The second kappa shape index (κ2) is 8.99. The quantitative estimate of drug-likeness (QED) is 0.504. The van der Waals surface area contributed by atoms with Crippen LogP contribution in [-0.4, -0.2) is 34.5 Å². The Hall–Kier alpha value is -2.71. The Balaban J connectivity index is 1.79. The zero-order valence-electron chi connectivity index (χ0n) is 15.9. The molecule has 8 heteroatoms. The van der Waals surface area contributed by atoms with E-state index in [0.29, 0.717) is 11.4 Å². The number of nitrogens with one attached hydrogen (secondary N) is 2. The Morgan fingerprint density at radius 1 is 1.32 bits per heavy atom. The van der Waals surface area contributed by atoms with Gasteiger partial charge in [-0.1, -0.05) is 25.1 Å². The summed E-state index contributed by atoms with van der Waals surface area (Å²) in [5.74, 6) is -0.884. The van der Waals surface area contributed by atoms with Crippen LogP contribution in [0.5, 0.6) is 0 Å². The molecule has 0 aliphatic heterocycles. The van der Waals surface area contributed by atoms with Gasteiger partial charge in [0, 0.05) is 28.9 Å². The first-order valence-corrected chi connectivity index (χ1v) is 10.1. The van der Waals surface area contributed by atoms with Crippen LogP contribution in [0.3, 0.4) is 0 Å². The topological polar surface area (TPSA) is 110 Å². The van der Waals surface area contributed by atoms with Crippen LogP contribution in [0.4, 0.5) is 0 Å². The van der Waals surface area contributed by atoms with Gasteiger partial charge in [-0.05, 0) is 25.0 Å². The van der Waals surface area contributed by atoms with Crippen LogP contribution in [0.1, 0.15) is 47.4 Å². The molecular formula is C20H24N4O3S. The molecule has 0 spiro atoms. The summed E-state index contributed by atoms with van der Waals surface area (Å²) in [4.78, 5) is 32.6. The summed E-state index contributed by atoms with van der Waals surface area (Å²) in [7, 11) is 0. The number of para-hydroxylation sites is 1. The van der Waals surface area contributed by atoms with Gasteiger partial charge in [-0.25, -0.2) is 9.78 Å². The third-order valence-corrected chi connectivity index (χ3v) is 5.46. The van der Waals surface area contributed by atoms with Gasteiger partial charge in [-0.2, -0.15) is 0 Å². The predicted octanol–water partition coefficient (Wildman–Crippen LogP) is 2.94. The first kappa shape index (κ1) is 20.0. The lowest BCUT2D eigenvalue weighted by molar-refractivity contribution is -0.145. The van der Waals surface area contributed by atoms with Gasteiger partial charge in [0.15, 0.2) is 0 Å². The van der Waals surface area contributed by atoms with Crippen molar-refractivity contribution >= 4 is 34.1 Å². The van der Waals surface area contributed by atoms with Gasteiger partial charge >= 0.3 is 5.97 Å². The standard InChI is InChI=1S/C20H24N4O3S/c1-3-14(21)19-24-17(11-28-19)18(25)23-16(20(26)27-4-2)9-12-10-22-15-8-6-5-7-13(12)15/h5-8,10-11,14,16,22H,3-4,9,21H2,1-2H3,(H,23,25). The van der Waals surface area contributed by atoms with E-state index in [1.807, 2.05) is 37.4 Å². The molecule has 0 saturated heterocycles. The Bertz CT molecular complexity index is 965. The third kappa shape index (κ3) is 4.40.